The monoisotopic (exact) mass is 291 g/mol. The maximum absolute atomic E-state index is 5.18. The Morgan fingerprint density at radius 2 is 1.09 bits per heavy atom. The van der Waals surface area contributed by atoms with Crippen molar-refractivity contribution in [2.75, 3.05) is 14.2 Å². The van der Waals surface area contributed by atoms with Crippen molar-refractivity contribution in [2.45, 2.75) is 0 Å². The van der Waals surface area contributed by atoms with Gasteiger partial charge in [-0.1, -0.05) is 18.2 Å². The molecule has 3 nitrogen and oxygen atoms in total. The van der Waals surface area contributed by atoms with Gasteiger partial charge in [0.25, 0.3) is 0 Å². The van der Waals surface area contributed by atoms with Gasteiger partial charge >= 0.3 is 0 Å². The second-order valence-corrected chi connectivity index (χ2v) is 4.89. The first-order chi connectivity index (χ1) is 10.8. The molecule has 0 radical (unpaired) electrons. The molecule has 1 aromatic heterocycles. The minimum Gasteiger partial charge on any atom is -0.497 e. The lowest BCUT2D eigenvalue weighted by Crippen LogP contribution is -1.87. The van der Waals surface area contributed by atoms with Crippen molar-refractivity contribution in [3.63, 3.8) is 0 Å². The van der Waals surface area contributed by atoms with E-state index < -0.39 is 0 Å². The van der Waals surface area contributed by atoms with E-state index in [4.69, 9.17) is 9.47 Å². The van der Waals surface area contributed by atoms with Gasteiger partial charge in [-0.15, -0.1) is 0 Å². The first kappa shape index (κ1) is 14.1. The topological polar surface area (TPSA) is 31.4 Å². The Bertz CT molecular complexity index is 665. The zero-order valence-corrected chi connectivity index (χ0v) is 12.6. The fourth-order valence-corrected chi connectivity index (χ4v) is 2.28. The second-order valence-electron chi connectivity index (χ2n) is 4.89. The van der Waals surface area contributed by atoms with E-state index in [1.54, 1.807) is 14.2 Å². The van der Waals surface area contributed by atoms with Crippen LogP contribution in [0.2, 0.25) is 0 Å². The number of pyridine rings is 1. The lowest BCUT2D eigenvalue weighted by Gasteiger charge is -2.06. The van der Waals surface area contributed by atoms with Gasteiger partial charge in [0.05, 0.1) is 19.9 Å². The molecule has 0 aliphatic heterocycles. The lowest BCUT2D eigenvalue weighted by molar-refractivity contribution is 0.415. The number of hydrogen-bond donors (Lipinski definition) is 0. The van der Waals surface area contributed by atoms with Crippen LogP contribution in [-0.2, 0) is 0 Å². The van der Waals surface area contributed by atoms with Crippen LogP contribution < -0.4 is 9.47 Å². The van der Waals surface area contributed by atoms with E-state index in [1.165, 1.54) is 0 Å². The van der Waals surface area contributed by atoms with Gasteiger partial charge in [0.2, 0.25) is 0 Å². The number of hydrogen-bond acceptors (Lipinski definition) is 3. The molecule has 110 valence electrons. The Kier molecular flexibility index (Phi) is 4.05. The smallest absolute Gasteiger partial charge is 0.118 e. The molecular formula is C19H17NO2. The van der Waals surface area contributed by atoms with Crippen LogP contribution in [-0.4, -0.2) is 19.2 Å². The standard InChI is InChI=1S/C19H17NO2/c1-21-17-8-3-14(4-9-17)16-7-12-19(20-13-16)15-5-10-18(22-2)11-6-15/h3-13H,1-2H3. The van der Waals surface area contributed by atoms with Crippen molar-refractivity contribution in [2.24, 2.45) is 0 Å². The van der Waals surface area contributed by atoms with Crippen LogP contribution in [0.5, 0.6) is 11.5 Å². The Morgan fingerprint density at radius 1 is 0.591 bits per heavy atom. The normalized spacial score (nSPS) is 10.3. The van der Waals surface area contributed by atoms with Crippen molar-refractivity contribution in [1.29, 1.82) is 0 Å². The number of ether oxygens (including phenoxy) is 2. The molecule has 0 fully saturated rings. The Morgan fingerprint density at radius 3 is 1.55 bits per heavy atom. The highest BCUT2D eigenvalue weighted by Crippen LogP contribution is 2.25. The van der Waals surface area contributed by atoms with Gasteiger partial charge in [0.1, 0.15) is 11.5 Å². The number of nitrogens with zero attached hydrogens (tertiary/aromatic N) is 1. The highest BCUT2D eigenvalue weighted by molar-refractivity contribution is 5.67. The molecule has 0 aliphatic carbocycles. The quantitative estimate of drug-likeness (QED) is 0.712. The number of rotatable bonds is 4. The van der Waals surface area contributed by atoms with Crippen molar-refractivity contribution in [1.82, 2.24) is 4.98 Å². The van der Waals surface area contributed by atoms with Crippen LogP contribution in [0.1, 0.15) is 0 Å². The van der Waals surface area contributed by atoms with E-state index in [-0.39, 0.29) is 0 Å². The fraction of sp³-hybridized carbons (Fsp3) is 0.105. The molecule has 3 aromatic rings. The third kappa shape index (κ3) is 2.93. The summed E-state index contributed by atoms with van der Waals surface area (Å²) >= 11 is 0. The van der Waals surface area contributed by atoms with Crippen LogP contribution in [0, 0.1) is 0 Å². The second kappa shape index (κ2) is 6.31. The summed E-state index contributed by atoms with van der Waals surface area (Å²) in [6.07, 6.45) is 1.89. The summed E-state index contributed by atoms with van der Waals surface area (Å²) in [4.78, 5) is 4.55. The van der Waals surface area contributed by atoms with Crippen LogP contribution in [0.15, 0.2) is 66.9 Å². The van der Waals surface area contributed by atoms with E-state index in [0.29, 0.717) is 0 Å². The molecule has 3 rings (SSSR count). The molecular weight excluding hydrogens is 274 g/mol. The minimum absolute atomic E-state index is 0.846. The van der Waals surface area contributed by atoms with Gasteiger partial charge < -0.3 is 9.47 Å². The molecule has 2 aromatic carbocycles. The molecule has 0 saturated carbocycles. The van der Waals surface area contributed by atoms with E-state index >= 15 is 0 Å². The first-order valence-electron chi connectivity index (χ1n) is 7.05. The summed E-state index contributed by atoms with van der Waals surface area (Å²) in [7, 11) is 3.33. The summed E-state index contributed by atoms with van der Waals surface area (Å²) in [5.74, 6) is 1.70. The highest BCUT2D eigenvalue weighted by atomic mass is 16.5. The zero-order chi connectivity index (χ0) is 15.4. The van der Waals surface area contributed by atoms with E-state index in [9.17, 15) is 0 Å². The largest absolute Gasteiger partial charge is 0.497 e. The molecule has 0 saturated heterocycles. The number of methoxy groups -OCH3 is 2. The van der Waals surface area contributed by atoms with Gasteiger partial charge in [-0.2, -0.15) is 0 Å². The minimum atomic E-state index is 0.846. The number of aromatic nitrogens is 1. The molecule has 0 N–H and O–H groups in total. The predicted molar refractivity (Wildman–Crippen MR) is 88.2 cm³/mol. The van der Waals surface area contributed by atoms with Crippen LogP contribution >= 0.6 is 0 Å². The predicted octanol–water partition coefficient (Wildman–Crippen LogP) is 4.43. The highest BCUT2D eigenvalue weighted by Gasteiger charge is 2.02. The van der Waals surface area contributed by atoms with Gasteiger partial charge in [0, 0.05) is 17.3 Å². The maximum atomic E-state index is 5.18. The summed E-state index contributed by atoms with van der Waals surface area (Å²) in [5.41, 5.74) is 4.22. The fourth-order valence-electron chi connectivity index (χ4n) is 2.28. The zero-order valence-electron chi connectivity index (χ0n) is 12.6. The van der Waals surface area contributed by atoms with Crippen molar-refractivity contribution >= 4 is 0 Å². The third-order valence-corrected chi connectivity index (χ3v) is 3.57. The Balaban J connectivity index is 1.84. The van der Waals surface area contributed by atoms with E-state index in [1.807, 2.05) is 60.8 Å². The van der Waals surface area contributed by atoms with E-state index in [0.717, 1.165) is 33.9 Å². The molecule has 0 aliphatic rings. The Hall–Kier alpha value is -2.81. The third-order valence-electron chi connectivity index (χ3n) is 3.57. The first-order valence-corrected chi connectivity index (χ1v) is 7.05. The molecule has 1 heterocycles. The summed E-state index contributed by atoms with van der Waals surface area (Å²) in [6, 6.07) is 20.0. The molecule has 0 unspecified atom stereocenters. The summed E-state index contributed by atoms with van der Waals surface area (Å²) in [6.45, 7) is 0. The average molecular weight is 291 g/mol. The number of benzene rings is 2. The van der Waals surface area contributed by atoms with Crippen LogP contribution in [0.25, 0.3) is 22.4 Å². The Labute approximate surface area is 130 Å². The van der Waals surface area contributed by atoms with Gasteiger partial charge in [-0.3, -0.25) is 4.98 Å². The SMILES string of the molecule is COc1ccc(-c2ccc(-c3ccc(OC)cc3)nc2)cc1. The molecule has 0 amide bonds. The molecule has 22 heavy (non-hydrogen) atoms. The molecule has 0 spiro atoms. The molecule has 0 atom stereocenters. The van der Waals surface area contributed by atoms with Crippen LogP contribution in [0.4, 0.5) is 0 Å². The molecule has 0 bridgehead atoms. The summed E-state index contributed by atoms with van der Waals surface area (Å²) < 4.78 is 10.3. The lowest BCUT2D eigenvalue weighted by atomic mass is 10.1. The molecule has 3 heteroatoms. The van der Waals surface area contributed by atoms with Crippen molar-refractivity contribution in [3.8, 4) is 33.9 Å². The van der Waals surface area contributed by atoms with Gasteiger partial charge in [-0.05, 0) is 48.0 Å². The van der Waals surface area contributed by atoms with Crippen molar-refractivity contribution < 1.29 is 9.47 Å². The van der Waals surface area contributed by atoms with Gasteiger partial charge in [-0.25, -0.2) is 0 Å². The average Bonchev–Trinajstić information content (AvgIpc) is 2.62. The summed E-state index contributed by atoms with van der Waals surface area (Å²) in [5, 5.41) is 0. The van der Waals surface area contributed by atoms with Crippen molar-refractivity contribution in [3.05, 3.63) is 66.9 Å². The van der Waals surface area contributed by atoms with Gasteiger partial charge in [0.15, 0.2) is 0 Å². The maximum Gasteiger partial charge on any atom is 0.118 e. The van der Waals surface area contributed by atoms with E-state index in [2.05, 4.69) is 11.1 Å². The van der Waals surface area contributed by atoms with Crippen LogP contribution in [0.3, 0.4) is 0 Å².